The molecule has 1 aromatic rings. The molecule has 1 rings (SSSR count). The monoisotopic (exact) mass is 278 g/mol. The molecule has 0 saturated heterocycles. The maximum Gasteiger partial charge on any atom is -0.0120 e. The summed E-state index contributed by atoms with van der Waals surface area (Å²) in [6, 6.07) is 9.36. The summed E-state index contributed by atoms with van der Waals surface area (Å²) in [7, 11) is 1.04. The van der Waals surface area contributed by atoms with E-state index in [1.165, 1.54) is 23.7 Å². The Hall–Kier alpha value is -0.350. The zero-order valence-electron chi connectivity index (χ0n) is 13.8. The largest absolute Gasteiger partial charge is 0.125 e. The molecule has 1 heteroatoms. The van der Waals surface area contributed by atoms with Crippen LogP contribution in [0.5, 0.6) is 0 Å². The molecular weight excluding hydrogens is 247 g/mol. The van der Waals surface area contributed by atoms with E-state index in [2.05, 4.69) is 72.5 Å². The van der Waals surface area contributed by atoms with Gasteiger partial charge >= 0.3 is 0 Å². The Labute approximate surface area is 122 Å². The quantitative estimate of drug-likeness (QED) is 0.609. The Bertz CT molecular complexity index is 376. The summed E-state index contributed by atoms with van der Waals surface area (Å²) >= 11 is 0. The second kappa shape index (κ2) is 6.40. The van der Waals surface area contributed by atoms with Crippen molar-refractivity contribution in [1.82, 2.24) is 0 Å². The van der Waals surface area contributed by atoms with Crippen molar-refractivity contribution >= 4 is 8.58 Å². The first-order valence-corrected chi connectivity index (χ1v) is 9.09. The Morgan fingerprint density at radius 2 is 1.47 bits per heavy atom. The molecule has 0 aliphatic heterocycles. The molecule has 1 aromatic carbocycles. The van der Waals surface area contributed by atoms with Gasteiger partial charge in [0.25, 0.3) is 0 Å². The fourth-order valence-corrected chi connectivity index (χ4v) is 3.42. The summed E-state index contributed by atoms with van der Waals surface area (Å²) in [4.78, 5) is 0. The van der Waals surface area contributed by atoms with Crippen molar-refractivity contribution in [2.75, 3.05) is 12.8 Å². The van der Waals surface area contributed by atoms with Gasteiger partial charge in [0.15, 0.2) is 0 Å². The lowest BCUT2D eigenvalue weighted by molar-refractivity contribution is 0.350. The van der Waals surface area contributed by atoms with E-state index in [9.17, 15) is 0 Å². The molecule has 0 radical (unpaired) electrons. The third kappa shape index (κ3) is 5.65. The van der Waals surface area contributed by atoms with Crippen molar-refractivity contribution in [2.45, 2.75) is 59.3 Å². The highest BCUT2D eigenvalue weighted by Gasteiger charge is 2.20. The maximum atomic E-state index is 2.36. The summed E-state index contributed by atoms with van der Waals surface area (Å²) in [6.07, 6.45) is 2.61. The molecule has 0 nitrogen and oxygen atoms in total. The molecule has 108 valence electrons. The van der Waals surface area contributed by atoms with Crippen molar-refractivity contribution in [3.8, 4) is 0 Å². The molecule has 0 fully saturated rings. The minimum absolute atomic E-state index is 0.255. The fraction of sp³-hybridized carbons (Fsp3) is 0.667. The van der Waals surface area contributed by atoms with Gasteiger partial charge in [-0.05, 0) is 47.1 Å². The van der Waals surface area contributed by atoms with E-state index in [0.717, 1.165) is 14.5 Å². The van der Waals surface area contributed by atoms with Gasteiger partial charge in [-0.25, -0.2) is 0 Å². The van der Waals surface area contributed by atoms with Crippen LogP contribution in [0, 0.1) is 5.41 Å². The molecule has 0 N–H and O–H groups in total. The van der Waals surface area contributed by atoms with E-state index in [0.29, 0.717) is 5.41 Å². The minimum atomic E-state index is 0.255. The molecule has 19 heavy (non-hydrogen) atoms. The van der Waals surface area contributed by atoms with Gasteiger partial charge in [0, 0.05) is 0 Å². The third-order valence-electron chi connectivity index (χ3n) is 3.56. The zero-order chi connectivity index (χ0) is 14.7. The van der Waals surface area contributed by atoms with Crippen LogP contribution in [-0.2, 0) is 5.41 Å². The summed E-state index contributed by atoms with van der Waals surface area (Å²) in [5.74, 6) is 0.720. The van der Waals surface area contributed by atoms with Crippen LogP contribution in [0.15, 0.2) is 24.3 Å². The Morgan fingerprint density at radius 3 is 1.84 bits per heavy atom. The van der Waals surface area contributed by atoms with Crippen LogP contribution in [0.3, 0.4) is 0 Å². The van der Waals surface area contributed by atoms with Gasteiger partial charge in [-0.15, -0.1) is 8.58 Å². The number of hydrogen-bond acceptors (Lipinski definition) is 0. The first kappa shape index (κ1) is 16.7. The molecule has 0 amide bonds. The fourth-order valence-electron chi connectivity index (χ4n) is 2.55. The first-order valence-electron chi connectivity index (χ1n) is 7.38. The van der Waals surface area contributed by atoms with Crippen LogP contribution < -0.4 is 0 Å². The van der Waals surface area contributed by atoms with Gasteiger partial charge < -0.3 is 0 Å². The lowest BCUT2D eigenvalue weighted by atomic mass is 9.81. The SMILES string of the molecule is CPCC(CC(C)(C)C)c1ccc(C(C)(C)C)cc1. The van der Waals surface area contributed by atoms with E-state index in [1.54, 1.807) is 0 Å². The van der Waals surface area contributed by atoms with E-state index in [-0.39, 0.29) is 5.41 Å². The summed E-state index contributed by atoms with van der Waals surface area (Å²) in [6.45, 7) is 16.2. The van der Waals surface area contributed by atoms with Crippen LogP contribution in [0.1, 0.15) is 65.0 Å². The Kier molecular flexibility index (Phi) is 5.63. The second-order valence-corrected chi connectivity index (χ2v) is 9.01. The second-order valence-electron chi connectivity index (χ2n) is 7.89. The molecule has 0 spiro atoms. The average molecular weight is 278 g/mol. The molecule has 0 aliphatic rings. The topological polar surface area (TPSA) is 0 Å². The van der Waals surface area contributed by atoms with Crippen molar-refractivity contribution in [3.63, 3.8) is 0 Å². The van der Waals surface area contributed by atoms with Gasteiger partial charge in [-0.3, -0.25) is 0 Å². The molecule has 0 saturated carbocycles. The lowest BCUT2D eigenvalue weighted by Gasteiger charge is -2.27. The number of rotatable bonds is 4. The standard InChI is InChI=1S/C18H31P/c1-17(2,3)12-15(13-19-7)14-8-10-16(11-9-14)18(4,5)6/h8-11,15,19H,12-13H2,1-7H3. The number of hydrogen-bond donors (Lipinski definition) is 0. The van der Waals surface area contributed by atoms with Crippen molar-refractivity contribution < 1.29 is 0 Å². The van der Waals surface area contributed by atoms with Gasteiger partial charge in [-0.2, -0.15) is 0 Å². The van der Waals surface area contributed by atoms with Crippen LogP contribution in [0.4, 0.5) is 0 Å². The van der Waals surface area contributed by atoms with Crippen LogP contribution >= 0.6 is 8.58 Å². The highest BCUT2D eigenvalue weighted by atomic mass is 31.1. The van der Waals surface area contributed by atoms with Gasteiger partial charge in [0.05, 0.1) is 0 Å². The van der Waals surface area contributed by atoms with E-state index in [4.69, 9.17) is 0 Å². The summed E-state index contributed by atoms with van der Waals surface area (Å²) < 4.78 is 0. The molecule has 0 aromatic heterocycles. The molecule has 0 bridgehead atoms. The van der Waals surface area contributed by atoms with E-state index in [1.807, 2.05) is 0 Å². The summed E-state index contributed by atoms with van der Waals surface area (Å²) in [5, 5.41) is 0. The van der Waals surface area contributed by atoms with Crippen molar-refractivity contribution in [3.05, 3.63) is 35.4 Å². The zero-order valence-corrected chi connectivity index (χ0v) is 14.8. The molecule has 0 aliphatic carbocycles. The third-order valence-corrected chi connectivity index (χ3v) is 4.46. The van der Waals surface area contributed by atoms with Gasteiger partial charge in [0.1, 0.15) is 0 Å². The first-order chi connectivity index (χ1) is 8.63. The average Bonchev–Trinajstić information content (AvgIpc) is 2.26. The van der Waals surface area contributed by atoms with E-state index < -0.39 is 0 Å². The molecule has 0 heterocycles. The van der Waals surface area contributed by atoms with Crippen molar-refractivity contribution in [2.24, 2.45) is 5.41 Å². The van der Waals surface area contributed by atoms with Crippen LogP contribution in [0.25, 0.3) is 0 Å². The number of benzene rings is 1. The maximum absolute atomic E-state index is 2.36. The molecule has 2 atom stereocenters. The normalized spacial score (nSPS) is 15.1. The van der Waals surface area contributed by atoms with Crippen LogP contribution in [0.2, 0.25) is 0 Å². The van der Waals surface area contributed by atoms with E-state index >= 15 is 0 Å². The smallest absolute Gasteiger partial charge is 0.0120 e. The highest BCUT2D eigenvalue weighted by molar-refractivity contribution is 7.37. The van der Waals surface area contributed by atoms with Crippen molar-refractivity contribution in [1.29, 1.82) is 0 Å². The predicted molar refractivity (Wildman–Crippen MR) is 91.1 cm³/mol. The van der Waals surface area contributed by atoms with Gasteiger partial charge in [0.2, 0.25) is 0 Å². The summed E-state index contributed by atoms with van der Waals surface area (Å²) in [5.41, 5.74) is 3.62. The minimum Gasteiger partial charge on any atom is -0.125 e. The Balaban J connectivity index is 2.91. The predicted octanol–water partition coefficient (Wildman–Crippen LogP) is 5.81. The highest BCUT2D eigenvalue weighted by Crippen LogP contribution is 2.35. The Morgan fingerprint density at radius 1 is 0.947 bits per heavy atom. The van der Waals surface area contributed by atoms with Crippen LogP contribution in [-0.4, -0.2) is 12.8 Å². The molecular formula is C18H31P. The molecule has 2 unspecified atom stereocenters. The lowest BCUT2D eigenvalue weighted by Crippen LogP contribution is -2.15. The van der Waals surface area contributed by atoms with Gasteiger partial charge in [-0.1, -0.05) is 65.8 Å².